The molecule has 0 radical (unpaired) electrons. The van der Waals surface area contributed by atoms with Crippen LogP contribution in [0.3, 0.4) is 0 Å². The minimum Gasteiger partial charge on any atom is -1.00 e. The summed E-state index contributed by atoms with van der Waals surface area (Å²) in [5, 5.41) is 35.6. The molecule has 2 amide bonds. The zero-order valence-electron chi connectivity index (χ0n) is 70.5. The number of aromatic nitrogens is 4. The number of carbonyl (C=O) groups excluding carboxylic acids is 3. The number of rotatable bonds is 17. The van der Waals surface area contributed by atoms with Crippen LogP contribution in [0.5, 0.6) is 23.0 Å². The number of halogens is 5. The number of nitrogens with zero attached hydrogens (tertiary/aromatic N) is 6. The molecule has 6 aromatic carbocycles. The van der Waals surface area contributed by atoms with Crippen LogP contribution in [-0.4, -0.2) is 133 Å². The van der Waals surface area contributed by atoms with Crippen molar-refractivity contribution >= 4 is 148 Å². The van der Waals surface area contributed by atoms with E-state index >= 15 is 0 Å². The fourth-order valence-electron chi connectivity index (χ4n) is 13.5. The van der Waals surface area contributed by atoms with Crippen LogP contribution in [0.25, 0.3) is 22.1 Å². The summed E-state index contributed by atoms with van der Waals surface area (Å²) in [6.45, 7) is 19.9. The summed E-state index contributed by atoms with van der Waals surface area (Å²) in [4.78, 5) is 51.8. The summed E-state index contributed by atoms with van der Waals surface area (Å²) >= 11 is 15.9. The number of imidazole rings is 2. The number of carbonyl (C=O) groups is 3. The van der Waals surface area contributed by atoms with Crippen molar-refractivity contribution in [3.63, 3.8) is 0 Å². The summed E-state index contributed by atoms with van der Waals surface area (Å²) in [6, 6.07) is 60.1. The first-order valence-electron chi connectivity index (χ1n) is 37.7. The number of hydrogen-bond donors (Lipinski definition) is 2. The van der Waals surface area contributed by atoms with Crippen LogP contribution in [0, 0.1) is 0 Å². The Kier molecular flexibility index (Phi) is 50.8. The van der Waals surface area contributed by atoms with Gasteiger partial charge in [-0.05, 0) is 225 Å². The van der Waals surface area contributed by atoms with Crippen LogP contribution < -0.4 is 188 Å². The van der Waals surface area contributed by atoms with Crippen molar-refractivity contribution < 1.29 is 226 Å². The van der Waals surface area contributed by atoms with Gasteiger partial charge in [0.05, 0.1) is 59.4 Å². The monoisotopic (exact) mass is 2180 g/mol. The van der Waals surface area contributed by atoms with E-state index in [1.165, 1.54) is 62.7 Å². The van der Waals surface area contributed by atoms with E-state index in [1.54, 1.807) is 74.1 Å². The second kappa shape index (κ2) is 55.2. The molecule has 0 bridgehead atoms. The van der Waals surface area contributed by atoms with E-state index in [2.05, 4.69) is 158 Å². The maximum Gasteiger partial charge on any atom is 1.00 e. The van der Waals surface area contributed by atoms with Gasteiger partial charge in [-0.3, -0.25) is 23.5 Å². The molecule has 4 aliphatic rings. The normalized spacial score (nSPS) is 12.9. The van der Waals surface area contributed by atoms with Crippen LogP contribution in [0.1, 0.15) is 166 Å². The van der Waals surface area contributed by atoms with Crippen molar-refractivity contribution in [3.8, 4) is 45.1 Å². The molecule has 2 N–H and O–H groups in total. The third-order valence-corrected chi connectivity index (χ3v) is 27.4. The molecular formula is C86H106BBrCl4Cs2FeN6O11P2PdS2. The van der Waals surface area contributed by atoms with Gasteiger partial charge >= 0.3 is 180 Å². The minimum absolute atomic E-state index is 0. The fourth-order valence-corrected chi connectivity index (χ4v) is 21.4. The number of fused-ring (bicyclic) bond motifs is 6. The molecular weight excluding hydrogens is 2080 g/mol. The van der Waals surface area contributed by atoms with Gasteiger partial charge in [0.25, 0.3) is 18.3 Å². The Balaban J connectivity index is 0.000000382. The van der Waals surface area contributed by atoms with E-state index in [4.69, 9.17) is 86.3 Å². The van der Waals surface area contributed by atoms with Crippen molar-refractivity contribution in [2.45, 2.75) is 181 Å². The van der Waals surface area contributed by atoms with Gasteiger partial charge in [-0.25, -0.2) is 9.97 Å². The summed E-state index contributed by atoms with van der Waals surface area (Å²) in [5.41, 5.74) is 8.36. The van der Waals surface area contributed by atoms with E-state index in [-0.39, 0.29) is 235 Å². The second-order valence-corrected chi connectivity index (χ2v) is 40.2. The molecule has 4 aromatic heterocycles. The van der Waals surface area contributed by atoms with Crippen LogP contribution in [0.4, 0.5) is 0 Å². The number of thiophene rings is 2. The molecule has 2 fully saturated rings. The Morgan fingerprint density at radius 1 is 0.598 bits per heavy atom. The number of aryl methyl sites for hydroxylation is 2. The van der Waals surface area contributed by atoms with E-state index in [9.17, 15) is 9.59 Å². The Labute approximate surface area is 867 Å². The van der Waals surface area contributed by atoms with Gasteiger partial charge in [0.1, 0.15) is 0 Å². The smallest absolute Gasteiger partial charge is 1.00 e. The third-order valence-electron chi connectivity index (χ3n) is 19.2. The molecule has 14 rings (SSSR count). The van der Waals surface area contributed by atoms with Crippen molar-refractivity contribution in [2.24, 2.45) is 0 Å². The first kappa shape index (κ1) is 108. The van der Waals surface area contributed by atoms with E-state index in [0.717, 1.165) is 93.1 Å². The Bertz CT molecular complexity index is 4400. The number of methoxy groups -OCH3 is 2. The SMILES string of the molecule is COc1cc2c(cc1OC(C)C)-n1c(-c3cccs3)nc(C(=O)N(C)C(C)(C)C)c1CC2.COc1cc2c(cc1OC(C)C)-n1c(Br)nc(C(=O)N(C)C(C)(C)C)c1CC2.ClCCl.O=CO[O-].OB(O)c1cccs1.[Cl][Pd][Cl].[Cs+].[Cs+].[Fe].[H-].c1ccc(P(c2ccccc2)C2CCCC2)cc1.c1ccc(P(c2ccccc2)C2CCCC2)cc1. The molecule has 17 nitrogen and oxygen atoms in total. The van der Waals surface area contributed by atoms with Crippen molar-refractivity contribution in [1.29, 1.82) is 0 Å². The van der Waals surface area contributed by atoms with Gasteiger partial charge in [-0.15, -0.1) is 34.5 Å². The molecule has 2 aliphatic heterocycles. The van der Waals surface area contributed by atoms with Gasteiger partial charge in [0.2, 0.25) is 0 Å². The number of amides is 2. The maximum absolute atomic E-state index is 13.5. The predicted octanol–water partition coefficient (Wildman–Crippen LogP) is 12.7. The molecule has 0 unspecified atom stereocenters. The van der Waals surface area contributed by atoms with E-state index in [0.29, 0.717) is 32.4 Å². The third kappa shape index (κ3) is 31.8. The Morgan fingerprint density at radius 2 is 0.940 bits per heavy atom. The molecule has 2 saturated carbocycles. The molecule has 0 atom stereocenters. The second-order valence-electron chi connectivity index (χ2n) is 29.4. The van der Waals surface area contributed by atoms with Gasteiger partial charge < -0.3 is 50.4 Å². The number of benzene rings is 6. The van der Waals surface area contributed by atoms with Crippen LogP contribution in [0.2, 0.25) is 0 Å². The van der Waals surface area contributed by atoms with E-state index in [1.807, 2.05) is 124 Å². The van der Waals surface area contributed by atoms with Crippen LogP contribution in [-0.2, 0) is 68.4 Å². The van der Waals surface area contributed by atoms with Gasteiger partial charge in [-0.2, -0.15) is 11.3 Å². The standard InChI is InChI=1S/C25H31N3O3S.C21H28BrN3O3.2C17H19P.C4H5BO2S.CH2Cl2.CH2O3.2ClH.2Cs.Fe.Pd.H/c1-15(2)31-20-14-18-16(13-19(20)30-7)10-11-17-22(24(29)27(6)25(3,4)5)26-23(28(17)18)21-9-8-12-32-21;1-12(2)28-17-11-15-13(10-16(17)27-7)8-9-14-18(23-20(22)25(14)15)19(26)24(6)21(3,4)5;2*1-3-9-15(10-4-1)18(17-13-7-8-14-17)16-11-5-2-6-12-16;6-5(7)4-2-1-3-8-4;2-1-3;2-1-4-3;;;;;;;/h8-9,12-15H,10-11H2,1-7H3;10-12H,8-9H2,1-7H3;2*1-6,9-12,17H,7-8,13-14H2;1-3,6-7H;1H2;1,3H;2*1H;;;;;/q;;;;;;;;;2*+1;;+2;-1/p-3. The summed E-state index contributed by atoms with van der Waals surface area (Å²) in [6.07, 6.45) is 14.5. The number of ether oxygens (including phenoxy) is 4. The fraction of sp³-hybridized carbons (Fsp3) is 0.384. The predicted molar refractivity (Wildman–Crippen MR) is 475 cm³/mol. The van der Waals surface area contributed by atoms with Gasteiger partial charge in [-0.1, -0.05) is 165 Å². The largest absolute Gasteiger partial charge is 1.00 e. The summed E-state index contributed by atoms with van der Waals surface area (Å²) in [7, 11) is 15.0. The maximum atomic E-state index is 13.5. The Morgan fingerprint density at radius 3 is 1.24 bits per heavy atom. The first-order valence-corrected chi connectivity index (χ1v) is 48.1. The topological polar surface area (TPSA) is 203 Å². The Hall–Kier alpha value is -1.52. The zero-order valence-corrected chi connectivity index (χ0v) is 92.8. The van der Waals surface area contributed by atoms with Crippen molar-refractivity contribution in [1.82, 2.24) is 28.9 Å². The van der Waals surface area contributed by atoms with Crippen LogP contribution >= 0.6 is 96.7 Å². The van der Waals surface area contributed by atoms with E-state index < -0.39 is 7.12 Å². The molecule has 0 saturated heterocycles. The van der Waals surface area contributed by atoms with Crippen LogP contribution in [0.15, 0.2) is 185 Å². The average Bonchev–Trinajstić information content (AvgIpc) is 1.58. The molecule has 31 heteroatoms. The molecule has 10 aromatic rings. The first-order chi connectivity index (χ1) is 54.6. The van der Waals surface area contributed by atoms with Crippen molar-refractivity contribution in [2.75, 3.05) is 33.7 Å². The molecule has 0 spiro atoms. The van der Waals surface area contributed by atoms with Gasteiger partial charge in [0, 0.05) is 59.2 Å². The molecule has 626 valence electrons. The molecule has 2 aliphatic carbocycles. The quantitative estimate of drug-likeness (QED) is 0.0218. The summed E-state index contributed by atoms with van der Waals surface area (Å²) < 4.78 is 28.5. The number of hydrogen-bond acceptors (Lipinski definition) is 15. The molecule has 6 heterocycles. The zero-order chi connectivity index (χ0) is 83.2. The van der Waals surface area contributed by atoms with Gasteiger partial charge in [0.15, 0.2) is 44.9 Å². The molecule has 117 heavy (non-hydrogen) atoms. The number of alkyl halides is 2. The summed E-state index contributed by atoms with van der Waals surface area (Å²) in [5.74, 6) is 3.49. The van der Waals surface area contributed by atoms with Crippen molar-refractivity contribution in [3.05, 3.63) is 219 Å². The minimum atomic E-state index is -1.30. The average molecular weight is 2190 g/mol.